The molecular formula is C19H18N2O3. The van der Waals surface area contributed by atoms with E-state index in [9.17, 15) is 9.59 Å². The molecule has 2 N–H and O–H groups in total. The zero-order valence-corrected chi connectivity index (χ0v) is 13.6. The number of aryl methyl sites for hydroxylation is 2. The minimum atomic E-state index is -0.471. The molecule has 24 heavy (non-hydrogen) atoms. The van der Waals surface area contributed by atoms with E-state index in [1.165, 1.54) is 0 Å². The van der Waals surface area contributed by atoms with Crippen LogP contribution in [0.15, 0.2) is 52.9 Å². The molecule has 5 heteroatoms. The van der Waals surface area contributed by atoms with Gasteiger partial charge < -0.3 is 4.42 Å². The molecule has 1 heterocycles. The number of benzene rings is 2. The van der Waals surface area contributed by atoms with Crippen LogP contribution in [0.1, 0.15) is 27.2 Å². The third-order valence-electron chi connectivity index (χ3n) is 3.85. The summed E-state index contributed by atoms with van der Waals surface area (Å²) in [7, 11) is 0. The number of carbonyl (C=O) groups is 2. The van der Waals surface area contributed by atoms with Crippen molar-refractivity contribution in [2.45, 2.75) is 20.3 Å². The molecule has 0 radical (unpaired) electrons. The van der Waals surface area contributed by atoms with Gasteiger partial charge in [0, 0.05) is 10.9 Å². The second-order valence-corrected chi connectivity index (χ2v) is 5.72. The summed E-state index contributed by atoms with van der Waals surface area (Å²) < 4.78 is 5.56. The van der Waals surface area contributed by atoms with Gasteiger partial charge in [0.1, 0.15) is 5.58 Å². The van der Waals surface area contributed by atoms with Crippen LogP contribution in [0.2, 0.25) is 0 Å². The monoisotopic (exact) mass is 322 g/mol. The van der Waals surface area contributed by atoms with Gasteiger partial charge in [-0.15, -0.1) is 0 Å². The SMILES string of the molecule is Cc1ccc(CC(=O)NNC(=O)c2oc3ccccc3c2C)cc1. The number of nitrogens with one attached hydrogen (secondary N) is 2. The number of rotatable bonds is 3. The first-order valence-electron chi connectivity index (χ1n) is 7.67. The van der Waals surface area contributed by atoms with E-state index in [4.69, 9.17) is 4.42 Å². The summed E-state index contributed by atoms with van der Waals surface area (Å²) in [5.41, 5.74) is 8.22. The van der Waals surface area contributed by atoms with E-state index in [1.807, 2.05) is 56.3 Å². The molecule has 0 unspecified atom stereocenters. The molecule has 1 aromatic heterocycles. The second-order valence-electron chi connectivity index (χ2n) is 5.72. The van der Waals surface area contributed by atoms with Gasteiger partial charge in [-0.25, -0.2) is 0 Å². The maximum Gasteiger partial charge on any atom is 0.305 e. The highest BCUT2D eigenvalue weighted by atomic mass is 16.3. The average Bonchev–Trinajstić information content (AvgIpc) is 2.92. The summed E-state index contributed by atoms with van der Waals surface area (Å²) in [6.07, 6.45) is 0.194. The van der Waals surface area contributed by atoms with E-state index in [0.717, 1.165) is 22.1 Å². The van der Waals surface area contributed by atoms with Crippen LogP contribution in [0.4, 0.5) is 0 Å². The van der Waals surface area contributed by atoms with Crippen LogP contribution >= 0.6 is 0 Å². The quantitative estimate of drug-likeness (QED) is 0.728. The largest absolute Gasteiger partial charge is 0.451 e. The Morgan fingerprint density at radius 1 is 0.958 bits per heavy atom. The van der Waals surface area contributed by atoms with E-state index < -0.39 is 5.91 Å². The molecular weight excluding hydrogens is 304 g/mol. The molecule has 2 amide bonds. The van der Waals surface area contributed by atoms with Gasteiger partial charge in [0.05, 0.1) is 6.42 Å². The molecule has 0 atom stereocenters. The van der Waals surface area contributed by atoms with Gasteiger partial charge in [0.2, 0.25) is 5.91 Å². The Hall–Kier alpha value is -3.08. The first-order valence-corrected chi connectivity index (χ1v) is 7.67. The van der Waals surface area contributed by atoms with Crippen molar-refractivity contribution in [1.82, 2.24) is 10.9 Å². The lowest BCUT2D eigenvalue weighted by molar-refractivity contribution is -0.121. The summed E-state index contributed by atoms with van der Waals surface area (Å²) in [5, 5.41) is 0.883. The smallest absolute Gasteiger partial charge is 0.305 e. The van der Waals surface area contributed by atoms with Crippen molar-refractivity contribution in [3.63, 3.8) is 0 Å². The van der Waals surface area contributed by atoms with Crippen LogP contribution in [-0.4, -0.2) is 11.8 Å². The van der Waals surface area contributed by atoms with Crippen molar-refractivity contribution in [3.8, 4) is 0 Å². The first-order chi connectivity index (χ1) is 11.5. The highest BCUT2D eigenvalue weighted by Crippen LogP contribution is 2.24. The Balaban J connectivity index is 1.63. The van der Waals surface area contributed by atoms with Gasteiger partial charge in [-0.05, 0) is 25.5 Å². The minimum absolute atomic E-state index is 0.194. The van der Waals surface area contributed by atoms with Gasteiger partial charge in [0.25, 0.3) is 0 Å². The fraction of sp³-hybridized carbons (Fsp3) is 0.158. The summed E-state index contributed by atoms with van der Waals surface area (Å²) in [6, 6.07) is 15.1. The molecule has 0 aliphatic carbocycles. The normalized spacial score (nSPS) is 10.6. The van der Waals surface area contributed by atoms with Crippen LogP contribution in [-0.2, 0) is 11.2 Å². The molecule has 3 rings (SSSR count). The lowest BCUT2D eigenvalue weighted by Crippen LogP contribution is -2.42. The van der Waals surface area contributed by atoms with Gasteiger partial charge in [-0.3, -0.25) is 20.4 Å². The van der Waals surface area contributed by atoms with Crippen molar-refractivity contribution in [2.75, 3.05) is 0 Å². The predicted octanol–water partition coefficient (Wildman–Crippen LogP) is 3.05. The summed E-state index contributed by atoms with van der Waals surface area (Å²) >= 11 is 0. The van der Waals surface area contributed by atoms with E-state index in [2.05, 4.69) is 10.9 Å². The third-order valence-corrected chi connectivity index (χ3v) is 3.85. The maximum absolute atomic E-state index is 12.2. The van der Waals surface area contributed by atoms with E-state index in [0.29, 0.717) is 5.58 Å². The Kier molecular flexibility index (Phi) is 4.33. The number of amides is 2. The summed E-state index contributed by atoms with van der Waals surface area (Å²) in [5.74, 6) is -0.561. The predicted molar refractivity (Wildman–Crippen MR) is 91.4 cm³/mol. The lowest BCUT2D eigenvalue weighted by Gasteiger charge is -2.06. The van der Waals surface area contributed by atoms with Crippen LogP contribution < -0.4 is 10.9 Å². The van der Waals surface area contributed by atoms with E-state index >= 15 is 0 Å². The second kappa shape index (κ2) is 6.58. The first kappa shape index (κ1) is 15.8. The zero-order valence-electron chi connectivity index (χ0n) is 13.6. The number of fused-ring (bicyclic) bond motifs is 1. The molecule has 0 spiro atoms. The summed E-state index contributed by atoms with van der Waals surface area (Å²) in [6.45, 7) is 3.80. The van der Waals surface area contributed by atoms with Crippen LogP contribution in [0.25, 0.3) is 11.0 Å². The Morgan fingerprint density at radius 2 is 1.67 bits per heavy atom. The Morgan fingerprint density at radius 3 is 2.38 bits per heavy atom. The number of hydrogen-bond donors (Lipinski definition) is 2. The number of hydrogen-bond acceptors (Lipinski definition) is 3. The number of carbonyl (C=O) groups excluding carboxylic acids is 2. The standard InChI is InChI=1S/C19H18N2O3/c1-12-7-9-14(10-8-12)11-17(22)20-21-19(23)18-13(2)15-5-3-4-6-16(15)24-18/h3-10H,11H2,1-2H3,(H,20,22)(H,21,23). The highest BCUT2D eigenvalue weighted by Gasteiger charge is 2.17. The molecule has 0 aliphatic rings. The molecule has 0 saturated heterocycles. The molecule has 3 aromatic rings. The molecule has 0 aliphatic heterocycles. The Bertz CT molecular complexity index is 895. The summed E-state index contributed by atoms with van der Waals surface area (Å²) in [4.78, 5) is 24.2. The van der Waals surface area contributed by atoms with Gasteiger partial charge in [-0.1, -0.05) is 48.0 Å². The fourth-order valence-corrected chi connectivity index (χ4v) is 2.51. The number of furan rings is 1. The van der Waals surface area contributed by atoms with Gasteiger partial charge >= 0.3 is 5.91 Å². The molecule has 5 nitrogen and oxygen atoms in total. The zero-order chi connectivity index (χ0) is 17.1. The lowest BCUT2D eigenvalue weighted by atomic mass is 10.1. The average molecular weight is 322 g/mol. The third kappa shape index (κ3) is 3.30. The van der Waals surface area contributed by atoms with Gasteiger partial charge in [0.15, 0.2) is 5.76 Å². The molecule has 2 aromatic carbocycles. The van der Waals surface area contributed by atoms with Crippen molar-refractivity contribution >= 4 is 22.8 Å². The van der Waals surface area contributed by atoms with Crippen molar-refractivity contribution in [2.24, 2.45) is 0 Å². The highest BCUT2D eigenvalue weighted by molar-refractivity contribution is 5.99. The Labute approximate surface area is 139 Å². The van der Waals surface area contributed by atoms with Crippen molar-refractivity contribution in [3.05, 3.63) is 71.0 Å². The van der Waals surface area contributed by atoms with Crippen molar-refractivity contribution < 1.29 is 14.0 Å². The molecule has 0 bridgehead atoms. The topological polar surface area (TPSA) is 71.3 Å². The van der Waals surface area contributed by atoms with Crippen LogP contribution in [0.5, 0.6) is 0 Å². The van der Waals surface area contributed by atoms with E-state index in [-0.39, 0.29) is 18.1 Å². The number of hydrazine groups is 1. The maximum atomic E-state index is 12.2. The number of para-hydroxylation sites is 1. The molecule has 0 fully saturated rings. The molecule has 122 valence electrons. The van der Waals surface area contributed by atoms with E-state index in [1.54, 1.807) is 6.07 Å². The van der Waals surface area contributed by atoms with Crippen molar-refractivity contribution in [1.29, 1.82) is 0 Å². The minimum Gasteiger partial charge on any atom is -0.451 e. The molecule has 0 saturated carbocycles. The fourth-order valence-electron chi connectivity index (χ4n) is 2.51. The van der Waals surface area contributed by atoms with Crippen LogP contribution in [0.3, 0.4) is 0 Å². The van der Waals surface area contributed by atoms with Crippen LogP contribution in [0, 0.1) is 13.8 Å². The van der Waals surface area contributed by atoms with Gasteiger partial charge in [-0.2, -0.15) is 0 Å².